The predicted octanol–water partition coefficient (Wildman–Crippen LogP) is 0.567. The molecule has 0 aromatic carbocycles. The number of hydrogen-bond donors (Lipinski definition) is 1. The van der Waals surface area contributed by atoms with Crippen LogP contribution in [-0.4, -0.2) is 36.2 Å². The predicted molar refractivity (Wildman–Crippen MR) is 41.9 cm³/mol. The van der Waals surface area contributed by atoms with E-state index < -0.39 is 0 Å². The van der Waals surface area contributed by atoms with Crippen molar-refractivity contribution in [3.05, 3.63) is 0 Å². The molecule has 1 heterocycles. The maximum Gasteiger partial charge on any atom is 0.0468 e. The van der Waals surface area contributed by atoms with E-state index in [2.05, 4.69) is 18.7 Å². The first-order chi connectivity index (χ1) is 4.72. The zero-order chi connectivity index (χ0) is 7.56. The monoisotopic (exact) mass is 143 g/mol. The number of nitrogens with zero attached hydrogens (tertiary/aromatic N) is 1. The normalized spacial score (nSPS) is 24.3. The molecule has 1 N–H and O–H groups in total. The molecule has 1 saturated heterocycles. The highest BCUT2D eigenvalue weighted by atomic mass is 16.3. The molecule has 0 amide bonds. The Morgan fingerprint density at radius 2 is 2.20 bits per heavy atom. The molecule has 0 aliphatic carbocycles. The van der Waals surface area contributed by atoms with Gasteiger partial charge >= 0.3 is 0 Å². The van der Waals surface area contributed by atoms with E-state index in [0.717, 1.165) is 12.5 Å². The van der Waals surface area contributed by atoms with E-state index in [9.17, 15) is 0 Å². The summed E-state index contributed by atoms with van der Waals surface area (Å²) in [5.41, 5.74) is 0. The van der Waals surface area contributed by atoms with Gasteiger partial charge in [0.05, 0.1) is 0 Å². The highest BCUT2D eigenvalue weighted by molar-refractivity contribution is 4.76. The van der Waals surface area contributed by atoms with Gasteiger partial charge in [-0.15, -0.1) is 0 Å². The van der Waals surface area contributed by atoms with E-state index in [1.54, 1.807) is 0 Å². The number of rotatable bonds is 3. The quantitative estimate of drug-likeness (QED) is 0.624. The lowest BCUT2D eigenvalue weighted by molar-refractivity contribution is 0.0795. The van der Waals surface area contributed by atoms with Crippen LogP contribution in [0, 0.1) is 11.8 Å². The van der Waals surface area contributed by atoms with E-state index in [4.69, 9.17) is 5.11 Å². The van der Waals surface area contributed by atoms with Crippen molar-refractivity contribution < 1.29 is 5.11 Å². The summed E-state index contributed by atoms with van der Waals surface area (Å²) >= 11 is 0. The van der Waals surface area contributed by atoms with Crippen molar-refractivity contribution in [3.63, 3.8) is 0 Å². The van der Waals surface area contributed by atoms with E-state index in [1.165, 1.54) is 13.1 Å². The molecule has 1 unspecified atom stereocenters. The summed E-state index contributed by atoms with van der Waals surface area (Å²) in [6, 6.07) is 0. The zero-order valence-electron chi connectivity index (χ0n) is 6.88. The van der Waals surface area contributed by atoms with Gasteiger partial charge in [-0.25, -0.2) is 0 Å². The summed E-state index contributed by atoms with van der Waals surface area (Å²) in [4.78, 5) is 2.39. The fraction of sp³-hybridized carbons (Fsp3) is 1.00. The molecule has 1 atom stereocenters. The molecule has 0 spiro atoms. The van der Waals surface area contributed by atoms with Gasteiger partial charge in [0.2, 0.25) is 0 Å². The molecule has 0 saturated carbocycles. The largest absolute Gasteiger partial charge is 0.396 e. The smallest absolute Gasteiger partial charge is 0.0468 e. The zero-order valence-corrected chi connectivity index (χ0v) is 6.88. The summed E-state index contributed by atoms with van der Waals surface area (Å²) in [5.74, 6) is 1.33. The van der Waals surface area contributed by atoms with Crippen molar-refractivity contribution in [1.29, 1.82) is 0 Å². The van der Waals surface area contributed by atoms with Crippen LogP contribution in [0.2, 0.25) is 0 Å². The third-order valence-corrected chi connectivity index (χ3v) is 2.02. The molecule has 60 valence electrons. The van der Waals surface area contributed by atoms with Crippen molar-refractivity contribution in [2.75, 3.05) is 26.2 Å². The Morgan fingerprint density at radius 3 is 2.60 bits per heavy atom. The minimum atomic E-state index is 0.324. The van der Waals surface area contributed by atoms with Gasteiger partial charge in [-0.1, -0.05) is 13.8 Å². The van der Waals surface area contributed by atoms with Crippen LogP contribution in [0.1, 0.15) is 13.8 Å². The van der Waals surface area contributed by atoms with Crippen molar-refractivity contribution in [2.45, 2.75) is 13.8 Å². The first-order valence-corrected chi connectivity index (χ1v) is 4.05. The third-order valence-electron chi connectivity index (χ3n) is 2.02. The van der Waals surface area contributed by atoms with Crippen LogP contribution in [0.3, 0.4) is 0 Å². The summed E-state index contributed by atoms with van der Waals surface area (Å²) in [6.45, 7) is 8.20. The van der Waals surface area contributed by atoms with Crippen LogP contribution in [0.15, 0.2) is 0 Å². The second-order valence-electron chi connectivity index (χ2n) is 3.61. The van der Waals surface area contributed by atoms with Crippen LogP contribution in [0.25, 0.3) is 0 Å². The fourth-order valence-corrected chi connectivity index (χ4v) is 1.48. The van der Waals surface area contributed by atoms with Gasteiger partial charge in [-0.2, -0.15) is 0 Å². The molecule has 0 aromatic rings. The number of hydrogen-bond acceptors (Lipinski definition) is 2. The lowest BCUT2D eigenvalue weighted by Crippen LogP contribution is -2.47. The van der Waals surface area contributed by atoms with Crippen molar-refractivity contribution in [1.82, 2.24) is 4.90 Å². The minimum absolute atomic E-state index is 0.324. The molecular weight excluding hydrogens is 126 g/mol. The fourth-order valence-electron chi connectivity index (χ4n) is 1.48. The van der Waals surface area contributed by atoms with Crippen molar-refractivity contribution >= 4 is 0 Å². The van der Waals surface area contributed by atoms with Gasteiger partial charge in [0.15, 0.2) is 0 Å². The summed E-state index contributed by atoms with van der Waals surface area (Å²) in [7, 11) is 0. The molecule has 1 rings (SSSR count). The highest BCUT2D eigenvalue weighted by Gasteiger charge is 2.22. The van der Waals surface area contributed by atoms with E-state index in [1.807, 2.05) is 0 Å². The van der Waals surface area contributed by atoms with E-state index in [0.29, 0.717) is 12.5 Å². The molecule has 1 fully saturated rings. The van der Waals surface area contributed by atoms with Crippen LogP contribution < -0.4 is 0 Å². The second kappa shape index (κ2) is 3.35. The highest BCUT2D eigenvalue weighted by Crippen LogP contribution is 2.15. The van der Waals surface area contributed by atoms with Gasteiger partial charge in [0.1, 0.15) is 0 Å². The molecule has 0 aromatic heterocycles. The molecule has 1 aliphatic heterocycles. The standard InChI is InChI=1S/C8H17NO/c1-7-3-9(4-7)5-8(2)6-10/h7-8,10H,3-6H2,1-2H3. The first-order valence-electron chi connectivity index (χ1n) is 4.05. The Hall–Kier alpha value is -0.0800. The molecule has 0 radical (unpaired) electrons. The van der Waals surface area contributed by atoms with Gasteiger partial charge in [-0.05, 0) is 11.8 Å². The lowest BCUT2D eigenvalue weighted by Gasteiger charge is -2.38. The summed E-state index contributed by atoms with van der Waals surface area (Å²) in [5, 5.41) is 8.74. The Bertz CT molecular complexity index is 99.4. The Morgan fingerprint density at radius 1 is 1.60 bits per heavy atom. The lowest BCUT2D eigenvalue weighted by atomic mass is 10.0. The van der Waals surface area contributed by atoms with E-state index >= 15 is 0 Å². The van der Waals surface area contributed by atoms with Gasteiger partial charge < -0.3 is 10.0 Å². The SMILES string of the molecule is CC(CO)CN1CC(C)C1. The topological polar surface area (TPSA) is 23.5 Å². The van der Waals surface area contributed by atoms with Gasteiger partial charge in [-0.3, -0.25) is 0 Å². The summed E-state index contributed by atoms with van der Waals surface area (Å²) in [6.07, 6.45) is 0. The Balaban J connectivity index is 2.04. The van der Waals surface area contributed by atoms with Crippen LogP contribution >= 0.6 is 0 Å². The first kappa shape index (κ1) is 8.02. The molecule has 10 heavy (non-hydrogen) atoms. The molecule has 2 nitrogen and oxygen atoms in total. The minimum Gasteiger partial charge on any atom is -0.396 e. The molecule has 1 aliphatic rings. The average molecular weight is 143 g/mol. The van der Waals surface area contributed by atoms with Crippen molar-refractivity contribution in [3.8, 4) is 0 Å². The average Bonchev–Trinajstić information content (AvgIpc) is 1.84. The number of likely N-dealkylation sites (tertiary alicyclic amines) is 1. The van der Waals surface area contributed by atoms with Crippen LogP contribution in [-0.2, 0) is 0 Å². The van der Waals surface area contributed by atoms with Crippen LogP contribution in [0.5, 0.6) is 0 Å². The molecule has 0 bridgehead atoms. The number of aliphatic hydroxyl groups is 1. The van der Waals surface area contributed by atoms with Crippen molar-refractivity contribution in [2.24, 2.45) is 11.8 Å². The maximum atomic E-state index is 8.74. The third kappa shape index (κ3) is 1.96. The van der Waals surface area contributed by atoms with Crippen LogP contribution in [0.4, 0.5) is 0 Å². The number of aliphatic hydroxyl groups excluding tert-OH is 1. The van der Waals surface area contributed by atoms with Gasteiger partial charge in [0.25, 0.3) is 0 Å². The summed E-state index contributed by atoms with van der Waals surface area (Å²) < 4.78 is 0. The molecule has 2 heteroatoms. The Labute approximate surface area is 62.8 Å². The van der Waals surface area contributed by atoms with E-state index in [-0.39, 0.29) is 0 Å². The van der Waals surface area contributed by atoms with Gasteiger partial charge in [0, 0.05) is 26.2 Å². The Kier molecular flexibility index (Phi) is 2.69. The molecular formula is C8H17NO. The second-order valence-corrected chi connectivity index (χ2v) is 3.61. The maximum absolute atomic E-state index is 8.74.